The monoisotopic (exact) mass is 325 g/mol. The van der Waals surface area contributed by atoms with E-state index in [2.05, 4.69) is 5.32 Å². The molecule has 1 amide bonds. The van der Waals surface area contributed by atoms with E-state index >= 15 is 0 Å². The van der Waals surface area contributed by atoms with Crippen molar-refractivity contribution in [2.45, 2.75) is 0 Å². The average Bonchev–Trinajstić information content (AvgIpc) is 2.39. The summed E-state index contributed by atoms with van der Waals surface area (Å²) in [6.45, 7) is 2.56. The van der Waals surface area contributed by atoms with Gasteiger partial charge in [0, 0.05) is 24.5 Å². The van der Waals surface area contributed by atoms with Crippen molar-refractivity contribution in [3.05, 3.63) is 24.0 Å². The molecule has 1 aliphatic rings. The number of nitrogens with two attached hydrogens (primary N) is 1. The Balaban J connectivity index is 0.00000180. The highest BCUT2D eigenvalue weighted by molar-refractivity contribution is 5.92. The van der Waals surface area contributed by atoms with Gasteiger partial charge in [-0.2, -0.15) is 0 Å². The van der Waals surface area contributed by atoms with Gasteiger partial charge in [0.05, 0.1) is 19.8 Å². The third kappa shape index (κ3) is 5.13. The molecule has 114 valence electrons. The first-order valence-electron chi connectivity index (χ1n) is 5.82. The fourth-order valence-electron chi connectivity index (χ4n) is 1.86. The SMILES string of the molecule is Cl.Cl.NCC(=O)Nc1cc(F)cc(N2CCOCC2)c1. The van der Waals surface area contributed by atoms with Crippen LogP contribution in [0.25, 0.3) is 0 Å². The van der Waals surface area contributed by atoms with E-state index in [1.54, 1.807) is 6.07 Å². The maximum atomic E-state index is 13.5. The second kappa shape index (κ2) is 8.97. The van der Waals surface area contributed by atoms with Crippen molar-refractivity contribution in [1.82, 2.24) is 0 Å². The minimum Gasteiger partial charge on any atom is -0.378 e. The number of rotatable bonds is 3. The Morgan fingerprint density at radius 1 is 1.30 bits per heavy atom. The van der Waals surface area contributed by atoms with Gasteiger partial charge in [0.1, 0.15) is 5.82 Å². The molecule has 1 aromatic carbocycles. The topological polar surface area (TPSA) is 67.6 Å². The summed E-state index contributed by atoms with van der Waals surface area (Å²) >= 11 is 0. The molecule has 1 heterocycles. The molecule has 2 rings (SSSR count). The minimum atomic E-state index is -0.383. The van der Waals surface area contributed by atoms with E-state index in [0.29, 0.717) is 32.0 Å². The Hall–Kier alpha value is -1.08. The summed E-state index contributed by atoms with van der Waals surface area (Å²) in [5.41, 5.74) is 6.37. The van der Waals surface area contributed by atoms with Gasteiger partial charge in [-0.3, -0.25) is 4.79 Å². The lowest BCUT2D eigenvalue weighted by molar-refractivity contribution is -0.114. The molecular weight excluding hydrogens is 308 g/mol. The molecule has 20 heavy (non-hydrogen) atoms. The highest BCUT2D eigenvalue weighted by Gasteiger charge is 2.13. The van der Waals surface area contributed by atoms with Gasteiger partial charge < -0.3 is 20.7 Å². The standard InChI is InChI=1S/C12H16FN3O2.2ClH/c13-9-5-10(15-12(17)8-14)7-11(6-9)16-1-3-18-4-2-16;;/h5-7H,1-4,8,14H2,(H,15,17);2*1H. The smallest absolute Gasteiger partial charge is 0.238 e. The first kappa shape index (κ1) is 18.9. The van der Waals surface area contributed by atoms with Gasteiger partial charge in [-0.25, -0.2) is 4.39 Å². The number of halogens is 3. The molecule has 0 unspecified atom stereocenters. The summed E-state index contributed by atoms with van der Waals surface area (Å²) in [7, 11) is 0. The van der Waals surface area contributed by atoms with Crippen LogP contribution in [0.1, 0.15) is 0 Å². The van der Waals surface area contributed by atoms with Crippen molar-refractivity contribution in [3.63, 3.8) is 0 Å². The summed E-state index contributed by atoms with van der Waals surface area (Å²) in [6, 6.07) is 4.46. The van der Waals surface area contributed by atoms with Crippen LogP contribution in [0.4, 0.5) is 15.8 Å². The van der Waals surface area contributed by atoms with Crippen LogP contribution in [-0.2, 0) is 9.53 Å². The molecule has 0 saturated carbocycles. The van der Waals surface area contributed by atoms with Crippen LogP contribution >= 0.6 is 24.8 Å². The van der Waals surface area contributed by atoms with Crippen LogP contribution in [0.5, 0.6) is 0 Å². The molecule has 3 N–H and O–H groups in total. The molecule has 1 aliphatic heterocycles. The number of carbonyl (C=O) groups excluding carboxylic acids is 1. The number of amides is 1. The number of nitrogens with one attached hydrogen (secondary N) is 1. The van der Waals surface area contributed by atoms with Crippen molar-refractivity contribution >= 4 is 42.1 Å². The summed E-state index contributed by atoms with van der Waals surface area (Å²) in [5.74, 6) is -0.722. The van der Waals surface area contributed by atoms with E-state index < -0.39 is 0 Å². The van der Waals surface area contributed by atoms with Crippen LogP contribution in [0.2, 0.25) is 0 Å². The Kier molecular flexibility index (Phi) is 8.48. The Morgan fingerprint density at radius 2 is 1.95 bits per heavy atom. The molecule has 0 bridgehead atoms. The average molecular weight is 326 g/mol. The van der Waals surface area contributed by atoms with Crippen LogP contribution in [0.3, 0.4) is 0 Å². The van der Waals surface area contributed by atoms with Gasteiger partial charge in [-0.1, -0.05) is 0 Å². The second-order valence-electron chi connectivity index (χ2n) is 4.05. The molecule has 0 radical (unpaired) electrons. The third-order valence-electron chi connectivity index (χ3n) is 2.73. The fourth-order valence-corrected chi connectivity index (χ4v) is 1.86. The molecule has 0 atom stereocenters. The number of nitrogens with zero attached hydrogens (tertiary/aromatic N) is 1. The molecule has 1 saturated heterocycles. The van der Waals surface area contributed by atoms with Crippen LogP contribution in [-0.4, -0.2) is 38.8 Å². The van der Waals surface area contributed by atoms with E-state index in [1.165, 1.54) is 12.1 Å². The molecule has 1 aromatic rings. The first-order chi connectivity index (χ1) is 8.69. The Morgan fingerprint density at radius 3 is 2.55 bits per heavy atom. The van der Waals surface area contributed by atoms with Crippen LogP contribution in [0.15, 0.2) is 18.2 Å². The molecule has 5 nitrogen and oxygen atoms in total. The molecule has 0 aliphatic carbocycles. The number of morpholine rings is 1. The number of hydrogen-bond donors (Lipinski definition) is 2. The summed E-state index contributed by atoms with van der Waals surface area (Å²) in [5, 5.41) is 2.55. The number of anilines is 2. The minimum absolute atomic E-state index is 0. The third-order valence-corrected chi connectivity index (χ3v) is 2.73. The van der Waals surface area contributed by atoms with Crippen molar-refractivity contribution in [3.8, 4) is 0 Å². The van der Waals surface area contributed by atoms with Crippen molar-refractivity contribution in [2.24, 2.45) is 5.73 Å². The van der Waals surface area contributed by atoms with Crippen molar-refractivity contribution < 1.29 is 13.9 Å². The maximum absolute atomic E-state index is 13.5. The van der Waals surface area contributed by atoms with Gasteiger partial charge in [-0.05, 0) is 18.2 Å². The number of benzene rings is 1. The summed E-state index contributed by atoms with van der Waals surface area (Å²) < 4.78 is 18.7. The number of ether oxygens (including phenoxy) is 1. The molecule has 1 fully saturated rings. The van der Waals surface area contributed by atoms with E-state index in [0.717, 1.165) is 5.69 Å². The molecule has 8 heteroatoms. The van der Waals surface area contributed by atoms with E-state index in [4.69, 9.17) is 10.5 Å². The van der Waals surface area contributed by atoms with E-state index in [9.17, 15) is 9.18 Å². The predicted octanol–water partition coefficient (Wildman–Crippen LogP) is 1.40. The van der Waals surface area contributed by atoms with Gasteiger partial charge in [0.2, 0.25) is 5.91 Å². The normalized spacial score (nSPS) is 14.0. The number of hydrogen-bond acceptors (Lipinski definition) is 4. The lowest BCUT2D eigenvalue weighted by Gasteiger charge is -2.29. The van der Waals surface area contributed by atoms with Crippen molar-refractivity contribution in [1.29, 1.82) is 0 Å². The zero-order chi connectivity index (χ0) is 13.0. The Labute approximate surface area is 129 Å². The van der Waals surface area contributed by atoms with Gasteiger partial charge in [0.15, 0.2) is 0 Å². The first-order valence-corrected chi connectivity index (χ1v) is 5.82. The lowest BCUT2D eigenvalue weighted by atomic mass is 10.2. The van der Waals surface area contributed by atoms with Crippen molar-refractivity contribution in [2.75, 3.05) is 43.1 Å². The van der Waals surface area contributed by atoms with E-state index in [-0.39, 0.29) is 43.1 Å². The highest BCUT2D eigenvalue weighted by Crippen LogP contribution is 2.22. The Bertz CT molecular complexity index is 443. The zero-order valence-electron chi connectivity index (χ0n) is 10.8. The number of carbonyl (C=O) groups is 1. The highest BCUT2D eigenvalue weighted by atomic mass is 35.5. The predicted molar refractivity (Wildman–Crippen MR) is 81.6 cm³/mol. The van der Waals surface area contributed by atoms with E-state index in [1.807, 2.05) is 4.90 Å². The van der Waals surface area contributed by atoms with Gasteiger partial charge in [0.25, 0.3) is 0 Å². The van der Waals surface area contributed by atoms with Gasteiger partial charge >= 0.3 is 0 Å². The molecule has 0 aromatic heterocycles. The maximum Gasteiger partial charge on any atom is 0.238 e. The largest absolute Gasteiger partial charge is 0.378 e. The van der Waals surface area contributed by atoms with Crippen LogP contribution in [0, 0.1) is 5.82 Å². The lowest BCUT2D eigenvalue weighted by Crippen LogP contribution is -2.36. The quantitative estimate of drug-likeness (QED) is 0.881. The molecule has 0 spiro atoms. The second-order valence-corrected chi connectivity index (χ2v) is 4.05. The summed E-state index contributed by atoms with van der Waals surface area (Å²) in [4.78, 5) is 13.2. The van der Waals surface area contributed by atoms with Crippen LogP contribution < -0.4 is 16.0 Å². The zero-order valence-corrected chi connectivity index (χ0v) is 12.4. The van der Waals surface area contributed by atoms with Gasteiger partial charge in [-0.15, -0.1) is 24.8 Å². The fraction of sp³-hybridized carbons (Fsp3) is 0.417. The molecular formula is C12H18Cl2FN3O2. The summed E-state index contributed by atoms with van der Waals surface area (Å²) in [6.07, 6.45) is 0.